The van der Waals surface area contributed by atoms with Gasteiger partial charge in [-0.2, -0.15) is 0 Å². The molecule has 1 atom stereocenters. The van der Waals surface area contributed by atoms with Crippen molar-refractivity contribution in [3.8, 4) is 0 Å². The van der Waals surface area contributed by atoms with E-state index in [9.17, 15) is 19.2 Å². The van der Waals surface area contributed by atoms with E-state index in [0.29, 0.717) is 0 Å². The lowest BCUT2D eigenvalue weighted by Gasteiger charge is -2.21. The first-order valence-electron chi connectivity index (χ1n) is 5.88. The van der Waals surface area contributed by atoms with Crippen molar-refractivity contribution >= 4 is 34.7 Å². The maximum atomic E-state index is 11.5. The third-order valence-corrected chi connectivity index (χ3v) is 2.64. The van der Waals surface area contributed by atoms with Crippen molar-refractivity contribution < 1.29 is 29.0 Å². The Kier molecular flexibility index (Phi) is 7.26. The molecule has 114 valence electrons. The molecule has 8 heteroatoms. The average molecular weight is 305 g/mol. The van der Waals surface area contributed by atoms with Crippen LogP contribution < -0.4 is 5.32 Å². The zero-order chi connectivity index (χ0) is 15.9. The van der Waals surface area contributed by atoms with Crippen LogP contribution in [-0.4, -0.2) is 45.5 Å². The van der Waals surface area contributed by atoms with Crippen LogP contribution in [0.2, 0.25) is 0 Å². The second kappa shape index (κ2) is 7.88. The van der Waals surface area contributed by atoms with Crippen LogP contribution in [0.15, 0.2) is 0 Å². The Hall–Kier alpha value is -1.57. The van der Waals surface area contributed by atoms with Gasteiger partial charge in [-0.15, -0.1) is 0 Å². The first kappa shape index (κ1) is 18.4. The summed E-state index contributed by atoms with van der Waals surface area (Å²) in [5.41, 5.74) is -0.728. The molecule has 0 spiro atoms. The number of carboxylic acids is 1. The number of carbonyl (C=O) groups is 4. The number of rotatable bonds is 6. The van der Waals surface area contributed by atoms with E-state index < -0.39 is 35.9 Å². The molecule has 0 aliphatic rings. The summed E-state index contributed by atoms with van der Waals surface area (Å²) in [5.74, 6) is -2.87. The average Bonchev–Trinajstić information content (AvgIpc) is 2.22. The molecule has 0 fully saturated rings. The van der Waals surface area contributed by atoms with Crippen molar-refractivity contribution in [1.29, 1.82) is 0 Å². The maximum Gasteiger partial charge on any atom is 0.326 e. The highest BCUT2D eigenvalue weighted by Gasteiger charge is 2.26. The largest absolute Gasteiger partial charge is 0.480 e. The minimum Gasteiger partial charge on any atom is -0.480 e. The molecule has 0 aliphatic heterocycles. The van der Waals surface area contributed by atoms with Gasteiger partial charge in [0.2, 0.25) is 5.91 Å². The Morgan fingerprint density at radius 3 is 2.20 bits per heavy atom. The Balaban J connectivity index is 4.44. The smallest absolute Gasteiger partial charge is 0.326 e. The summed E-state index contributed by atoms with van der Waals surface area (Å²) >= 11 is 0.762. The van der Waals surface area contributed by atoms with Crippen molar-refractivity contribution in [2.45, 2.75) is 45.8 Å². The van der Waals surface area contributed by atoms with Crippen LogP contribution in [0.4, 0.5) is 0 Å². The van der Waals surface area contributed by atoms with E-state index in [1.165, 1.54) is 6.92 Å². The Bertz CT molecular complexity index is 401. The summed E-state index contributed by atoms with van der Waals surface area (Å²) in [7, 11) is 0. The van der Waals surface area contributed by atoms with Crippen LogP contribution in [0.5, 0.6) is 0 Å². The maximum absolute atomic E-state index is 11.5. The van der Waals surface area contributed by atoms with E-state index in [1.54, 1.807) is 20.8 Å². The first-order valence-corrected chi connectivity index (χ1v) is 6.87. The fourth-order valence-electron chi connectivity index (χ4n) is 1.15. The number of nitrogens with one attached hydrogen (secondary N) is 1. The summed E-state index contributed by atoms with van der Waals surface area (Å²) in [6, 6.07) is -1.37. The van der Waals surface area contributed by atoms with Gasteiger partial charge in [-0.3, -0.25) is 14.4 Å². The second-order valence-electron chi connectivity index (χ2n) is 5.03. The molecule has 0 rings (SSSR count). The van der Waals surface area contributed by atoms with Gasteiger partial charge >= 0.3 is 11.9 Å². The van der Waals surface area contributed by atoms with E-state index in [-0.39, 0.29) is 10.9 Å². The molecule has 0 saturated heterocycles. The van der Waals surface area contributed by atoms with E-state index in [2.05, 4.69) is 5.32 Å². The SMILES string of the molecule is CC(=O)SCC(=O)NC(CC(=O)OC(C)(C)C)C(=O)O. The number of thioether (sulfide) groups is 1. The molecule has 1 amide bonds. The molecule has 0 aliphatic carbocycles. The van der Waals surface area contributed by atoms with Gasteiger partial charge in [-0.1, -0.05) is 11.8 Å². The molecule has 1 unspecified atom stereocenters. The Morgan fingerprint density at radius 1 is 1.25 bits per heavy atom. The number of carbonyl (C=O) groups excluding carboxylic acids is 3. The van der Waals surface area contributed by atoms with Gasteiger partial charge in [0.15, 0.2) is 5.12 Å². The minimum absolute atomic E-state index is 0.187. The third kappa shape index (κ3) is 9.37. The molecular weight excluding hydrogens is 286 g/mol. The standard InChI is InChI=1S/C12H19NO6S/c1-7(14)20-6-9(15)13-8(11(17)18)5-10(16)19-12(2,3)4/h8H,5-6H2,1-4H3,(H,13,15)(H,17,18). The molecule has 2 N–H and O–H groups in total. The third-order valence-electron chi connectivity index (χ3n) is 1.83. The van der Waals surface area contributed by atoms with E-state index in [1.807, 2.05) is 0 Å². The summed E-state index contributed by atoms with van der Waals surface area (Å²) in [6.45, 7) is 6.27. The molecular formula is C12H19NO6S. The molecule has 0 radical (unpaired) electrons. The number of hydrogen-bond acceptors (Lipinski definition) is 6. The van der Waals surface area contributed by atoms with Crippen molar-refractivity contribution in [2.75, 3.05) is 5.75 Å². The van der Waals surface area contributed by atoms with Crippen LogP contribution in [-0.2, 0) is 23.9 Å². The lowest BCUT2D eigenvalue weighted by molar-refractivity contribution is -0.158. The number of hydrogen-bond donors (Lipinski definition) is 2. The monoisotopic (exact) mass is 305 g/mol. The number of ether oxygens (including phenoxy) is 1. The molecule has 0 bridgehead atoms. The highest BCUT2D eigenvalue weighted by Crippen LogP contribution is 2.09. The molecule has 0 saturated carbocycles. The Morgan fingerprint density at radius 2 is 1.80 bits per heavy atom. The topological polar surface area (TPSA) is 110 Å². The van der Waals surface area contributed by atoms with E-state index in [4.69, 9.17) is 9.84 Å². The fraction of sp³-hybridized carbons (Fsp3) is 0.667. The van der Waals surface area contributed by atoms with Crippen LogP contribution in [0.3, 0.4) is 0 Å². The summed E-state index contributed by atoms with van der Waals surface area (Å²) in [5, 5.41) is 10.9. The Labute approximate surface area is 121 Å². The van der Waals surface area contributed by atoms with E-state index >= 15 is 0 Å². The van der Waals surface area contributed by atoms with Gasteiger partial charge in [0.1, 0.15) is 11.6 Å². The number of amides is 1. The summed E-state index contributed by atoms with van der Waals surface area (Å²) in [6.07, 6.45) is -0.469. The highest BCUT2D eigenvalue weighted by atomic mass is 32.2. The fourth-order valence-corrected chi connectivity index (χ4v) is 1.57. The lowest BCUT2D eigenvalue weighted by Crippen LogP contribution is -2.44. The molecule has 7 nitrogen and oxygen atoms in total. The van der Waals surface area contributed by atoms with Crippen molar-refractivity contribution in [3.05, 3.63) is 0 Å². The number of aliphatic carboxylic acids is 1. The quantitative estimate of drug-likeness (QED) is 0.690. The molecule has 0 heterocycles. The van der Waals surface area contributed by atoms with Gasteiger partial charge in [-0.05, 0) is 20.8 Å². The summed E-state index contributed by atoms with van der Waals surface area (Å²) < 4.78 is 4.99. The van der Waals surface area contributed by atoms with Gasteiger partial charge in [0, 0.05) is 6.92 Å². The van der Waals surface area contributed by atoms with E-state index in [0.717, 1.165) is 11.8 Å². The normalized spacial score (nSPS) is 12.4. The van der Waals surface area contributed by atoms with Gasteiger partial charge in [0.25, 0.3) is 0 Å². The zero-order valence-corrected chi connectivity index (χ0v) is 12.7. The minimum atomic E-state index is -1.37. The van der Waals surface area contributed by atoms with Gasteiger partial charge < -0.3 is 15.2 Å². The second-order valence-corrected chi connectivity index (χ2v) is 6.18. The molecule has 0 aromatic rings. The predicted octanol–water partition coefficient (Wildman–Crippen LogP) is 0.567. The lowest BCUT2D eigenvalue weighted by atomic mass is 10.1. The van der Waals surface area contributed by atoms with Crippen molar-refractivity contribution in [3.63, 3.8) is 0 Å². The first-order chi connectivity index (χ1) is 9.01. The van der Waals surface area contributed by atoms with Gasteiger partial charge in [0.05, 0.1) is 12.2 Å². The number of carboxylic acid groups (broad SMARTS) is 1. The van der Waals surface area contributed by atoms with Crippen molar-refractivity contribution in [1.82, 2.24) is 5.32 Å². The zero-order valence-electron chi connectivity index (χ0n) is 11.9. The predicted molar refractivity (Wildman–Crippen MR) is 73.2 cm³/mol. The van der Waals surface area contributed by atoms with Crippen LogP contribution in [0.1, 0.15) is 34.1 Å². The molecule has 0 aromatic carbocycles. The van der Waals surface area contributed by atoms with Gasteiger partial charge in [-0.25, -0.2) is 4.79 Å². The van der Waals surface area contributed by atoms with Crippen LogP contribution >= 0.6 is 11.8 Å². The molecule has 20 heavy (non-hydrogen) atoms. The van der Waals surface area contributed by atoms with Crippen molar-refractivity contribution in [2.24, 2.45) is 0 Å². The number of esters is 1. The molecule has 0 aromatic heterocycles. The summed E-state index contributed by atoms with van der Waals surface area (Å²) in [4.78, 5) is 44.6. The highest BCUT2D eigenvalue weighted by molar-refractivity contribution is 8.14. The van der Waals surface area contributed by atoms with Crippen LogP contribution in [0.25, 0.3) is 0 Å². The van der Waals surface area contributed by atoms with Crippen LogP contribution in [0, 0.1) is 0 Å².